The molecule has 1 aromatic rings. The molecular formula is C16H18ClNO5. The molecule has 0 heterocycles. The third-order valence-electron chi connectivity index (χ3n) is 3.49. The first kappa shape index (κ1) is 17.3. The second-order valence-electron chi connectivity index (χ2n) is 6.53. The summed E-state index contributed by atoms with van der Waals surface area (Å²) in [5, 5.41) is 12.1. The number of Topliss-reactive ketones (excluding diaryl/α,β-unsaturated/α-hetero) is 1. The highest BCUT2D eigenvalue weighted by atomic mass is 35.5. The van der Waals surface area contributed by atoms with Crippen molar-refractivity contribution in [2.24, 2.45) is 5.92 Å². The molecule has 7 heteroatoms. The van der Waals surface area contributed by atoms with Gasteiger partial charge in [0, 0.05) is 10.6 Å². The van der Waals surface area contributed by atoms with E-state index in [9.17, 15) is 19.5 Å². The molecule has 124 valence electrons. The Morgan fingerprint density at radius 1 is 1.35 bits per heavy atom. The molecular weight excluding hydrogens is 322 g/mol. The summed E-state index contributed by atoms with van der Waals surface area (Å²) in [7, 11) is 0. The molecule has 0 radical (unpaired) electrons. The highest BCUT2D eigenvalue weighted by Gasteiger charge is 2.65. The number of amides is 1. The van der Waals surface area contributed by atoms with Crippen LogP contribution in [0.5, 0.6) is 0 Å². The molecule has 2 rings (SSSR count). The SMILES string of the molecule is CC(C)(C)OC(=O)NC1(C(=O)O)CC1C(=O)c1cccc(Cl)c1. The summed E-state index contributed by atoms with van der Waals surface area (Å²) < 4.78 is 5.07. The van der Waals surface area contributed by atoms with Crippen LogP contribution < -0.4 is 5.32 Å². The van der Waals surface area contributed by atoms with Crippen molar-refractivity contribution in [3.63, 3.8) is 0 Å². The fourth-order valence-electron chi connectivity index (χ4n) is 2.34. The molecule has 2 N–H and O–H groups in total. The molecule has 1 saturated carbocycles. The van der Waals surface area contributed by atoms with Crippen LogP contribution in [0.3, 0.4) is 0 Å². The van der Waals surface area contributed by atoms with E-state index in [4.69, 9.17) is 16.3 Å². The highest BCUT2D eigenvalue weighted by molar-refractivity contribution is 6.31. The molecule has 6 nitrogen and oxygen atoms in total. The predicted molar refractivity (Wildman–Crippen MR) is 83.6 cm³/mol. The molecule has 1 aliphatic rings. The number of ketones is 1. The van der Waals surface area contributed by atoms with E-state index in [1.807, 2.05) is 0 Å². The first-order valence-electron chi connectivity index (χ1n) is 7.09. The summed E-state index contributed by atoms with van der Waals surface area (Å²) >= 11 is 5.85. The summed E-state index contributed by atoms with van der Waals surface area (Å²) in [4.78, 5) is 35.8. The van der Waals surface area contributed by atoms with Crippen LogP contribution >= 0.6 is 11.6 Å². The normalized spacial score (nSPS) is 23.0. The zero-order valence-electron chi connectivity index (χ0n) is 13.1. The number of carboxylic acid groups (broad SMARTS) is 1. The predicted octanol–water partition coefficient (Wildman–Crippen LogP) is 2.89. The molecule has 0 bridgehead atoms. The van der Waals surface area contributed by atoms with Gasteiger partial charge in [-0.2, -0.15) is 0 Å². The quantitative estimate of drug-likeness (QED) is 0.823. The van der Waals surface area contributed by atoms with Crippen LogP contribution in [0.25, 0.3) is 0 Å². The van der Waals surface area contributed by atoms with E-state index in [1.165, 1.54) is 6.07 Å². The lowest BCUT2D eigenvalue weighted by molar-refractivity contribution is -0.141. The van der Waals surface area contributed by atoms with Gasteiger partial charge in [-0.25, -0.2) is 9.59 Å². The van der Waals surface area contributed by atoms with E-state index in [0.717, 1.165) is 0 Å². The number of benzene rings is 1. The zero-order valence-corrected chi connectivity index (χ0v) is 13.8. The maximum Gasteiger partial charge on any atom is 0.408 e. The van der Waals surface area contributed by atoms with Crippen molar-refractivity contribution in [1.82, 2.24) is 5.32 Å². The molecule has 1 aromatic carbocycles. The Hall–Kier alpha value is -2.08. The lowest BCUT2D eigenvalue weighted by atomic mass is 10.0. The minimum absolute atomic E-state index is 0.0208. The number of hydrogen-bond acceptors (Lipinski definition) is 4. The molecule has 23 heavy (non-hydrogen) atoms. The van der Waals surface area contributed by atoms with E-state index in [-0.39, 0.29) is 12.2 Å². The average Bonchev–Trinajstić information content (AvgIpc) is 3.11. The van der Waals surface area contributed by atoms with Gasteiger partial charge in [-0.15, -0.1) is 0 Å². The lowest BCUT2D eigenvalue weighted by Crippen LogP contribution is -2.47. The van der Waals surface area contributed by atoms with Crippen LogP contribution in [0.2, 0.25) is 5.02 Å². The van der Waals surface area contributed by atoms with Gasteiger partial charge in [-0.3, -0.25) is 4.79 Å². The Morgan fingerprint density at radius 2 is 2.00 bits per heavy atom. The maximum absolute atomic E-state index is 12.4. The number of carboxylic acids is 1. The number of aliphatic carboxylic acids is 1. The first-order chi connectivity index (χ1) is 10.5. The number of nitrogens with one attached hydrogen (secondary N) is 1. The van der Waals surface area contributed by atoms with Crippen LogP contribution in [0.4, 0.5) is 4.79 Å². The molecule has 2 atom stereocenters. The molecule has 2 unspecified atom stereocenters. The third-order valence-corrected chi connectivity index (χ3v) is 3.73. The fourth-order valence-corrected chi connectivity index (χ4v) is 2.53. The number of ether oxygens (including phenoxy) is 1. The van der Waals surface area contributed by atoms with E-state index >= 15 is 0 Å². The van der Waals surface area contributed by atoms with Crippen LogP contribution in [-0.2, 0) is 9.53 Å². The number of hydrogen-bond donors (Lipinski definition) is 2. The molecule has 1 fully saturated rings. The minimum Gasteiger partial charge on any atom is -0.479 e. The second-order valence-corrected chi connectivity index (χ2v) is 6.97. The minimum atomic E-state index is -1.62. The number of carbonyl (C=O) groups is 3. The van der Waals surface area contributed by atoms with Gasteiger partial charge >= 0.3 is 12.1 Å². The lowest BCUT2D eigenvalue weighted by Gasteiger charge is -2.22. The van der Waals surface area contributed by atoms with Crippen molar-refractivity contribution in [2.75, 3.05) is 0 Å². The number of rotatable bonds is 4. The van der Waals surface area contributed by atoms with Crippen LogP contribution in [0, 0.1) is 5.92 Å². The van der Waals surface area contributed by atoms with E-state index in [1.54, 1.807) is 39.0 Å². The van der Waals surface area contributed by atoms with Crippen molar-refractivity contribution < 1.29 is 24.2 Å². The van der Waals surface area contributed by atoms with Gasteiger partial charge in [0.15, 0.2) is 11.3 Å². The topological polar surface area (TPSA) is 92.7 Å². The molecule has 1 amide bonds. The monoisotopic (exact) mass is 339 g/mol. The van der Waals surface area contributed by atoms with Gasteiger partial charge in [-0.1, -0.05) is 23.7 Å². The maximum atomic E-state index is 12.4. The van der Waals surface area contributed by atoms with E-state index < -0.39 is 29.1 Å². The van der Waals surface area contributed by atoms with Gasteiger partial charge in [0.25, 0.3) is 0 Å². The smallest absolute Gasteiger partial charge is 0.408 e. The number of alkyl carbamates (subject to hydrolysis) is 1. The van der Waals surface area contributed by atoms with E-state index in [0.29, 0.717) is 10.6 Å². The number of halogens is 1. The van der Waals surface area contributed by atoms with Crippen LogP contribution in [-0.4, -0.2) is 34.1 Å². The van der Waals surface area contributed by atoms with Gasteiger partial charge in [-0.05, 0) is 39.3 Å². The van der Waals surface area contributed by atoms with Crippen molar-refractivity contribution in [1.29, 1.82) is 0 Å². The summed E-state index contributed by atoms with van der Waals surface area (Å²) in [6, 6.07) is 6.27. The Morgan fingerprint density at radius 3 is 2.52 bits per heavy atom. The number of carbonyl (C=O) groups excluding carboxylic acids is 2. The highest BCUT2D eigenvalue weighted by Crippen LogP contribution is 2.46. The van der Waals surface area contributed by atoms with Gasteiger partial charge in [0.05, 0.1) is 5.92 Å². The zero-order chi connectivity index (χ0) is 17.4. The Bertz CT molecular complexity index is 667. The molecule has 0 spiro atoms. The molecule has 0 saturated heterocycles. The summed E-state index contributed by atoms with van der Waals surface area (Å²) in [6.07, 6.45) is -0.839. The molecule has 0 aliphatic heterocycles. The second kappa shape index (κ2) is 5.85. The van der Waals surface area contributed by atoms with Crippen LogP contribution in [0.15, 0.2) is 24.3 Å². The molecule has 0 aromatic heterocycles. The standard InChI is InChI=1S/C16H18ClNO5/c1-15(2,3)23-14(22)18-16(13(20)21)8-11(16)12(19)9-5-4-6-10(17)7-9/h4-7,11H,8H2,1-3H3,(H,18,22)(H,20,21). The summed E-state index contributed by atoms with van der Waals surface area (Å²) in [5.41, 5.74) is -2.07. The average molecular weight is 340 g/mol. The van der Waals surface area contributed by atoms with E-state index in [2.05, 4.69) is 5.32 Å². The van der Waals surface area contributed by atoms with Crippen molar-refractivity contribution in [3.8, 4) is 0 Å². The Kier molecular flexibility index (Phi) is 4.39. The van der Waals surface area contributed by atoms with Crippen molar-refractivity contribution >= 4 is 29.4 Å². The van der Waals surface area contributed by atoms with Crippen molar-refractivity contribution in [3.05, 3.63) is 34.9 Å². The van der Waals surface area contributed by atoms with Crippen molar-refractivity contribution in [2.45, 2.75) is 38.3 Å². The largest absolute Gasteiger partial charge is 0.479 e. The fraction of sp³-hybridized carbons (Fsp3) is 0.438. The Balaban J connectivity index is 2.15. The van der Waals surface area contributed by atoms with Gasteiger partial charge in [0.1, 0.15) is 5.60 Å². The summed E-state index contributed by atoms with van der Waals surface area (Å²) in [5.74, 6) is -2.47. The Labute approximate surface area is 138 Å². The van der Waals surface area contributed by atoms with Crippen LogP contribution in [0.1, 0.15) is 37.6 Å². The first-order valence-corrected chi connectivity index (χ1v) is 7.47. The van der Waals surface area contributed by atoms with Gasteiger partial charge < -0.3 is 15.2 Å². The van der Waals surface area contributed by atoms with Gasteiger partial charge in [0.2, 0.25) is 0 Å². The third kappa shape index (κ3) is 3.82. The summed E-state index contributed by atoms with van der Waals surface area (Å²) in [6.45, 7) is 5.00. The molecule has 1 aliphatic carbocycles.